The smallest absolute Gasteiger partial charge is 0.159 e. The standard InChI is InChI=1S/C20H26F3I/c21-12-20(24)16-7-5-14(6-8-16)13-1-3-15(4-2-13)17-9-10-18(22)19(23)11-17/h9-11,13-16,20H,1-8,12H2. The van der Waals surface area contributed by atoms with E-state index in [4.69, 9.17) is 0 Å². The van der Waals surface area contributed by atoms with Crippen molar-refractivity contribution in [2.75, 3.05) is 6.67 Å². The Hall–Kier alpha value is -0.260. The summed E-state index contributed by atoms with van der Waals surface area (Å²) >= 11 is 2.27. The Bertz CT molecular complexity index is 532. The average molecular weight is 450 g/mol. The normalized spacial score (nSPS) is 32.5. The van der Waals surface area contributed by atoms with Crippen molar-refractivity contribution in [2.45, 2.75) is 61.2 Å². The lowest BCUT2D eigenvalue weighted by molar-refractivity contribution is 0.157. The third-order valence-corrected chi connectivity index (χ3v) is 7.68. The highest BCUT2D eigenvalue weighted by Crippen LogP contribution is 2.45. The van der Waals surface area contributed by atoms with Crippen LogP contribution < -0.4 is 0 Å². The minimum Gasteiger partial charge on any atom is -0.250 e. The molecule has 134 valence electrons. The molecule has 0 nitrogen and oxygen atoms in total. The second-order valence-electron chi connectivity index (χ2n) is 7.63. The van der Waals surface area contributed by atoms with Crippen LogP contribution in [-0.2, 0) is 0 Å². The van der Waals surface area contributed by atoms with Crippen LogP contribution in [0, 0.1) is 29.4 Å². The van der Waals surface area contributed by atoms with Gasteiger partial charge < -0.3 is 0 Å². The van der Waals surface area contributed by atoms with Crippen molar-refractivity contribution in [3.8, 4) is 0 Å². The maximum absolute atomic E-state index is 13.4. The number of hydrogen-bond acceptors (Lipinski definition) is 0. The van der Waals surface area contributed by atoms with E-state index in [0.29, 0.717) is 11.8 Å². The molecule has 2 aliphatic rings. The van der Waals surface area contributed by atoms with Gasteiger partial charge in [-0.1, -0.05) is 28.7 Å². The zero-order valence-corrected chi connectivity index (χ0v) is 16.2. The van der Waals surface area contributed by atoms with Crippen LogP contribution in [0.25, 0.3) is 0 Å². The summed E-state index contributed by atoms with van der Waals surface area (Å²) < 4.78 is 39.5. The van der Waals surface area contributed by atoms with Gasteiger partial charge in [0.25, 0.3) is 0 Å². The van der Waals surface area contributed by atoms with Crippen LogP contribution in [0.15, 0.2) is 18.2 Å². The SMILES string of the molecule is FCC(I)C1CCC(C2CCC(c3ccc(F)c(F)c3)CC2)CC1. The number of halogens is 4. The molecule has 0 bridgehead atoms. The highest BCUT2D eigenvalue weighted by molar-refractivity contribution is 14.1. The zero-order valence-electron chi connectivity index (χ0n) is 14.0. The fourth-order valence-corrected chi connectivity index (χ4v) is 5.51. The summed E-state index contributed by atoms with van der Waals surface area (Å²) in [6.07, 6.45) is 9.36. The number of benzene rings is 1. The molecular weight excluding hydrogens is 424 g/mol. The van der Waals surface area contributed by atoms with Gasteiger partial charge in [-0.2, -0.15) is 0 Å². The lowest BCUT2D eigenvalue weighted by Crippen LogP contribution is -2.28. The first-order valence-corrected chi connectivity index (χ1v) is 10.5. The first kappa shape index (κ1) is 18.5. The molecule has 2 saturated carbocycles. The Morgan fingerprint density at radius 2 is 1.46 bits per heavy atom. The first-order valence-electron chi connectivity index (χ1n) is 9.23. The van der Waals surface area contributed by atoms with Crippen LogP contribution in [0.2, 0.25) is 0 Å². The Balaban J connectivity index is 1.50. The summed E-state index contributed by atoms with van der Waals surface area (Å²) in [6, 6.07) is 4.37. The van der Waals surface area contributed by atoms with E-state index >= 15 is 0 Å². The Labute approximate surface area is 156 Å². The molecule has 0 heterocycles. The van der Waals surface area contributed by atoms with Gasteiger partial charge in [0, 0.05) is 3.92 Å². The summed E-state index contributed by atoms with van der Waals surface area (Å²) in [4.78, 5) is 0. The van der Waals surface area contributed by atoms with Crippen molar-refractivity contribution in [3.05, 3.63) is 35.4 Å². The molecule has 1 aromatic rings. The summed E-state index contributed by atoms with van der Waals surface area (Å²) in [6.45, 7) is -0.199. The number of hydrogen-bond donors (Lipinski definition) is 0. The van der Waals surface area contributed by atoms with Crippen LogP contribution in [0.4, 0.5) is 13.2 Å². The van der Waals surface area contributed by atoms with E-state index in [1.807, 2.05) is 0 Å². The van der Waals surface area contributed by atoms with Crippen LogP contribution in [-0.4, -0.2) is 10.6 Å². The Kier molecular flexibility index (Phi) is 6.50. The van der Waals surface area contributed by atoms with Crippen molar-refractivity contribution in [2.24, 2.45) is 17.8 Å². The van der Waals surface area contributed by atoms with Crippen LogP contribution in [0.5, 0.6) is 0 Å². The summed E-state index contributed by atoms with van der Waals surface area (Å²) in [7, 11) is 0. The summed E-state index contributed by atoms with van der Waals surface area (Å²) in [5.41, 5.74) is 0.951. The molecule has 1 atom stereocenters. The van der Waals surface area contributed by atoms with Gasteiger partial charge in [-0.25, -0.2) is 13.2 Å². The fraction of sp³-hybridized carbons (Fsp3) is 0.700. The molecule has 0 aromatic heterocycles. The lowest BCUT2D eigenvalue weighted by Gasteiger charge is -2.38. The van der Waals surface area contributed by atoms with Gasteiger partial charge in [0.2, 0.25) is 0 Å². The molecule has 0 aliphatic heterocycles. The molecule has 4 heteroatoms. The minimum atomic E-state index is -0.758. The number of rotatable bonds is 4. The monoisotopic (exact) mass is 450 g/mol. The van der Waals surface area contributed by atoms with Gasteiger partial charge in [-0.15, -0.1) is 0 Å². The molecule has 1 unspecified atom stereocenters. The predicted molar refractivity (Wildman–Crippen MR) is 100 cm³/mol. The lowest BCUT2D eigenvalue weighted by atomic mass is 9.68. The van der Waals surface area contributed by atoms with Crippen LogP contribution in [0.3, 0.4) is 0 Å². The fourth-order valence-electron chi connectivity index (χ4n) is 4.79. The van der Waals surface area contributed by atoms with Crippen molar-refractivity contribution in [3.63, 3.8) is 0 Å². The van der Waals surface area contributed by atoms with Crippen molar-refractivity contribution in [1.29, 1.82) is 0 Å². The molecule has 0 amide bonds. The second-order valence-corrected chi connectivity index (χ2v) is 9.23. The quantitative estimate of drug-likeness (QED) is 0.349. The highest BCUT2D eigenvalue weighted by Gasteiger charge is 2.33. The third-order valence-electron chi connectivity index (χ3n) is 6.33. The highest BCUT2D eigenvalue weighted by atomic mass is 127. The van der Waals surface area contributed by atoms with Crippen LogP contribution in [0.1, 0.15) is 62.8 Å². The molecule has 0 radical (unpaired) electrons. The van der Waals surface area contributed by atoms with Crippen molar-refractivity contribution < 1.29 is 13.2 Å². The van der Waals surface area contributed by atoms with E-state index in [2.05, 4.69) is 22.6 Å². The zero-order chi connectivity index (χ0) is 17.1. The number of alkyl halides is 2. The Morgan fingerprint density at radius 3 is 2.00 bits per heavy atom. The van der Waals surface area contributed by atoms with Crippen molar-refractivity contribution in [1.82, 2.24) is 0 Å². The minimum absolute atomic E-state index is 0.188. The molecular formula is C20H26F3I. The maximum atomic E-state index is 13.4. The maximum Gasteiger partial charge on any atom is 0.159 e. The van der Waals surface area contributed by atoms with Gasteiger partial charge >= 0.3 is 0 Å². The van der Waals surface area contributed by atoms with Gasteiger partial charge in [-0.05, 0) is 92.7 Å². The van der Waals surface area contributed by atoms with Gasteiger partial charge in [0.15, 0.2) is 11.6 Å². The van der Waals surface area contributed by atoms with Gasteiger partial charge in [0.1, 0.15) is 6.67 Å². The molecule has 24 heavy (non-hydrogen) atoms. The summed E-state index contributed by atoms with van der Waals surface area (Å²) in [5.74, 6) is 1.00. The Morgan fingerprint density at radius 1 is 0.875 bits per heavy atom. The summed E-state index contributed by atoms with van der Waals surface area (Å²) in [5, 5.41) is 0. The molecule has 0 spiro atoms. The van der Waals surface area contributed by atoms with Crippen molar-refractivity contribution >= 4 is 22.6 Å². The topological polar surface area (TPSA) is 0 Å². The van der Waals surface area contributed by atoms with Gasteiger partial charge in [-0.3, -0.25) is 0 Å². The largest absolute Gasteiger partial charge is 0.250 e. The van der Waals surface area contributed by atoms with E-state index in [1.165, 1.54) is 50.7 Å². The molecule has 2 fully saturated rings. The predicted octanol–water partition coefficient (Wildman–Crippen LogP) is 6.82. The van der Waals surface area contributed by atoms with E-state index < -0.39 is 11.6 Å². The second kappa shape index (κ2) is 8.41. The van der Waals surface area contributed by atoms with E-state index in [9.17, 15) is 13.2 Å². The molecule has 0 saturated heterocycles. The van der Waals surface area contributed by atoms with Gasteiger partial charge in [0.05, 0.1) is 0 Å². The molecule has 3 rings (SSSR count). The van der Waals surface area contributed by atoms with Crippen LogP contribution >= 0.6 is 22.6 Å². The molecule has 2 aliphatic carbocycles. The average Bonchev–Trinajstić information content (AvgIpc) is 2.63. The van der Waals surface area contributed by atoms with E-state index in [1.54, 1.807) is 6.07 Å². The van der Waals surface area contributed by atoms with E-state index in [0.717, 1.165) is 30.2 Å². The molecule has 0 N–H and O–H groups in total. The molecule has 1 aromatic carbocycles. The third kappa shape index (κ3) is 4.28. The first-order chi connectivity index (χ1) is 11.6. The van der Waals surface area contributed by atoms with E-state index in [-0.39, 0.29) is 10.6 Å².